The van der Waals surface area contributed by atoms with E-state index >= 15 is 0 Å². The number of hydrogen-bond acceptors (Lipinski definition) is 5. The molecular weight excluding hydrogens is 352 g/mol. The van der Waals surface area contributed by atoms with Crippen molar-refractivity contribution in [1.82, 2.24) is 4.98 Å². The van der Waals surface area contributed by atoms with Crippen LogP contribution in [0.3, 0.4) is 0 Å². The topological polar surface area (TPSA) is 94.4 Å². The van der Waals surface area contributed by atoms with Crippen LogP contribution in [0.1, 0.15) is 18.7 Å². The summed E-state index contributed by atoms with van der Waals surface area (Å²) < 4.78 is 35.9. The van der Waals surface area contributed by atoms with Gasteiger partial charge in [-0.2, -0.15) is 8.42 Å². The van der Waals surface area contributed by atoms with Crippen LogP contribution in [0.15, 0.2) is 65.7 Å². The van der Waals surface area contributed by atoms with E-state index in [1.807, 2.05) is 30.3 Å². The molecule has 0 radical (unpaired) electrons. The predicted octanol–water partition coefficient (Wildman–Crippen LogP) is 3.48. The van der Waals surface area contributed by atoms with E-state index in [0.717, 1.165) is 11.1 Å². The van der Waals surface area contributed by atoms with Gasteiger partial charge in [0.1, 0.15) is 0 Å². The molecule has 0 bridgehead atoms. The minimum Gasteiger partial charge on any atom is -0.493 e. The van der Waals surface area contributed by atoms with Crippen LogP contribution < -0.4 is 14.7 Å². The van der Waals surface area contributed by atoms with Crippen LogP contribution in [0.4, 0.5) is 0 Å². The zero-order valence-electron chi connectivity index (χ0n) is 14.5. The van der Waals surface area contributed by atoms with Gasteiger partial charge in [-0.15, -0.1) is 0 Å². The average Bonchev–Trinajstić information content (AvgIpc) is 3.09. The highest BCUT2D eigenvalue weighted by atomic mass is 32.2. The van der Waals surface area contributed by atoms with E-state index in [2.05, 4.69) is 4.98 Å². The Kier molecular flexibility index (Phi) is 5.01. The molecule has 6 nitrogen and oxygen atoms in total. The maximum atomic E-state index is 12.7. The van der Waals surface area contributed by atoms with Crippen LogP contribution in [-0.4, -0.2) is 20.5 Å². The Morgan fingerprint density at radius 1 is 1.00 bits per heavy atom. The van der Waals surface area contributed by atoms with Gasteiger partial charge in [0.05, 0.1) is 7.11 Å². The second kappa shape index (κ2) is 7.23. The van der Waals surface area contributed by atoms with Gasteiger partial charge in [0.2, 0.25) is 0 Å². The number of aromatic amines is 1. The summed E-state index contributed by atoms with van der Waals surface area (Å²) in [5, 5.41) is -0.0606. The molecule has 3 rings (SSSR count). The quantitative estimate of drug-likeness (QED) is 0.646. The fraction of sp³-hybridized carbons (Fsp3) is 0.158. The molecule has 3 aromatic rings. The Labute approximate surface area is 152 Å². The number of ether oxygens (including phenoxy) is 1. The molecule has 0 spiro atoms. The maximum absolute atomic E-state index is 12.7. The van der Waals surface area contributed by atoms with E-state index in [1.54, 1.807) is 31.2 Å². The van der Waals surface area contributed by atoms with Crippen LogP contribution in [0.2, 0.25) is 0 Å². The predicted molar refractivity (Wildman–Crippen MR) is 99.6 cm³/mol. The molecule has 1 atom stereocenters. The van der Waals surface area contributed by atoms with Crippen LogP contribution in [-0.2, 0) is 10.1 Å². The largest absolute Gasteiger partial charge is 0.493 e. The molecule has 0 amide bonds. The monoisotopic (exact) mass is 372 g/mol. The van der Waals surface area contributed by atoms with Gasteiger partial charge in [-0.05, 0) is 30.7 Å². The summed E-state index contributed by atoms with van der Waals surface area (Å²) in [6.07, 6.45) is 0. The molecule has 1 aromatic heterocycles. The van der Waals surface area contributed by atoms with Crippen molar-refractivity contribution in [3.05, 3.63) is 66.4 Å². The van der Waals surface area contributed by atoms with E-state index in [-0.39, 0.29) is 16.8 Å². The zero-order chi connectivity index (χ0) is 18.7. The summed E-state index contributed by atoms with van der Waals surface area (Å²) in [6, 6.07) is 17.2. The third kappa shape index (κ3) is 3.58. The highest BCUT2D eigenvalue weighted by Gasteiger charge is 2.24. The van der Waals surface area contributed by atoms with Gasteiger partial charge in [0.15, 0.2) is 16.5 Å². The summed E-state index contributed by atoms with van der Waals surface area (Å²) in [7, 11) is -2.63. The highest BCUT2D eigenvalue weighted by Crippen LogP contribution is 2.33. The molecule has 0 saturated carbocycles. The van der Waals surface area contributed by atoms with Crippen molar-refractivity contribution in [1.29, 1.82) is 0 Å². The summed E-state index contributed by atoms with van der Waals surface area (Å²) in [5.41, 5.74) is 8.24. The van der Waals surface area contributed by atoms with Crippen LogP contribution in [0.5, 0.6) is 11.5 Å². The normalized spacial score (nSPS) is 12.6. The standard InChI is InChI=1S/C19H20N2O4S/c1-13(20)19-15(14-8-4-3-5-9-14)12-18(21-19)26(22,23)25-17-11-7-6-10-16(17)24-2/h3-13,21H,20H2,1-2H3/t13-/m0/s1. The number of benzene rings is 2. The first kappa shape index (κ1) is 18.0. The minimum atomic E-state index is -4.08. The SMILES string of the molecule is COc1ccccc1OS(=O)(=O)c1cc(-c2ccccc2)c([C@H](C)N)[nH]1. The Bertz CT molecular complexity index is 995. The molecule has 2 aromatic carbocycles. The molecule has 3 N–H and O–H groups in total. The van der Waals surface area contributed by atoms with Crippen molar-refractivity contribution in [3.8, 4) is 22.6 Å². The number of methoxy groups -OCH3 is 1. The molecule has 0 aliphatic heterocycles. The summed E-state index contributed by atoms with van der Waals surface area (Å²) >= 11 is 0. The molecule has 1 heterocycles. The Morgan fingerprint density at radius 2 is 1.62 bits per heavy atom. The molecule has 0 saturated heterocycles. The van der Waals surface area contributed by atoms with Gasteiger partial charge in [0, 0.05) is 17.3 Å². The van der Waals surface area contributed by atoms with Crippen LogP contribution in [0, 0.1) is 0 Å². The Morgan fingerprint density at radius 3 is 2.23 bits per heavy atom. The van der Waals surface area contributed by atoms with Crippen LogP contribution in [0.25, 0.3) is 11.1 Å². The van der Waals surface area contributed by atoms with Gasteiger partial charge >= 0.3 is 10.1 Å². The lowest BCUT2D eigenvalue weighted by atomic mass is 10.0. The second-order valence-corrected chi connectivity index (χ2v) is 7.32. The van der Waals surface area contributed by atoms with Crippen molar-refractivity contribution in [2.75, 3.05) is 7.11 Å². The number of rotatable bonds is 6. The number of H-pyrrole nitrogens is 1. The fourth-order valence-corrected chi connectivity index (χ4v) is 3.61. The van der Waals surface area contributed by atoms with E-state index < -0.39 is 10.1 Å². The molecule has 0 aliphatic carbocycles. The van der Waals surface area contributed by atoms with Crippen molar-refractivity contribution in [3.63, 3.8) is 0 Å². The van der Waals surface area contributed by atoms with Crippen molar-refractivity contribution in [2.24, 2.45) is 5.73 Å². The second-order valence-electron chi connectivity index (χ2n) is 5.80. The average molecular weight is 372 g/mol. The lowest BCUT2D eigenvalue weighted by molar-refractivity contribution is 0.390. The van der Waals surface area contributed by atoms with Gasteiger partial charge in [-0.1, -0.05) is 42.5 Å². The van der Waals surface area contributed by atoms with E-state index in [4.69, 9.17) is 14.7 Å². The smallest absolute Gasteiger partial charge is 0.355 e. The number of para-hydroxylation sites is 2. The van der Waals surface area contributed by atoms with E-state index in [1.165, 1.54) is 13.2 Å². The summed E-state index contributed by atoms with van der Waals surface area (Å²) in [5.74, 6) is 0.450. The fourth-order valence-electron chi connectivity index (χ4n) is 2.65. The van der Waals surface area contributed by atoms with Crippen molar-refractivity contribution >= 4 is 10.1 Å². The first-order valence-electron chi connectivity index (χ1n) is 8.04. The highest BCUT2D eigenvalue weighted by molar-refractivity contribution is 7.87. The lowest BCUT2D eigenvalue weighted by Gasteiger charge is -2.09. The van der Waals surface area contributed by atoms with Gasteiger partial charge in [-0.3, -0.25) is 0 Å². The first-order chi connectivity index (χ1) is 12.4. The third-order valence-corrected chi connectivity index (χ3v) is 5.06. The number of aromatic nitrogens is 1. The number of hydrogen-bond donors (Lipinski definition) is 2. The molecule has 7 heteroatoms. The van der Waals surface area contributed by atoms with Gasteiger partial charge < -0.3 is 19.6 Å². The number of nitrogens with two attached hydrogens (primary N) is 1. The van der Waals surface area contributed by atoms with Crippen LogP contribution >= 0.6 is 0 Å². The molecule has 26 heavy (non-hydrogen) atoms. The lowest BCUT2D eigenvalue weighted by Crippen LogP contribution is -2.12. The van der Waals surface area contributed by atoms with E-state index in [9.17, 15) is 8.42 Å². The van der Waals surface area contributed by atoms with E-state index in [0.29, 0.717) is 11.4 Å². The first-order valence-corrected chi connectivity index (χ1v) is 9.44. The summed E-state index contributed by atoms with van der Waals surface area (Å²) in [6.45, 7) is 1.79. The minimum absolute atomic E-state index is 0.0606. The van der Waals surface area contributed by atoms with Crippen molar-refractivity contribution in [2.45, 2.75) is 18.0 Å². The third-order valence-electron chi connectivity index (χ3n) is 3.90. The number of nitrogens with one attached hydrogen (secondary N) is 1. The molecule has 0 aliphatic rings. The molecule has 136 valence electrons. The molecule has 0 unspecified atom stereocenters. The summed E-state index contributed by atoms with van der Waals surface area (Å²) in [4.78, 5) is 2.90. The van der Waals surface area contributed by atoms with Gasteiger partial charge in [0.25, 0.3) is 0 Å². The molecule has 0 fully saturated rings. The van der Waals surface area contributed by atoms with Gasteiger partial charge in [-0.25, -0.2) is 0 Å². The van der Waals surface area contributed by atoms with Crippen molar-refractivity contribution < 1.29 is 17.3 Å². The maximum Gasteiger partial charge on any atom is 0.355 e. The Hall–Kier alpha value is -2.77. The zero-order valence-corrected chi connectivity index (χ0v) is 15.3. The molecular formula is C19H20N2O4S. The Balaban J connectivity index is 2.03.